The minimum absolute atomic E-state index is 0.454. The minimum Gasteiger partial charge on any atom is -0.449 e. The molecule has 0 bridgehead atoms. The van der Waals surface area contributed by atoms with Gasteiger partial charge in [-0.2, -0.15) is 0 Å². The Morgan fingerprint density at radius 2 is 1.67 bits per heavy atom. The first-order valence-electron chi connectivity index (χ1n) is 5.10. The maximum absolute atomic E-state index is 5.71. The third-order valence-electron chi connectivity index (χ3n) is 2.44. The fraction of sp³-hybridized carbons (Fsp3) is 0.231. The van der Waals surface area contributed by atoms with E-state index < -0.39 is 0 Å². The van der Waals surface area contributed by atoms with Gasteiger partial charge in [0.25, 0.3) is 0 Å². The first kappa shape index (κ1) is 10.3. The van der Waals surface area contributed by atoms with E-state index in [-0.39, 0.29) is 0 Å². The smallest absolute Gasteiger partial charge is 0.193 e. The molecule has 0 fully saturated rings. The van der Waals surface area contributed by atoms with E-state index in [4.69, 9.17) is 16.0 Å². The first-order chi connectivity index (χ1) is 7.28. The van der Waals surface area contributed by atoms with Gasteiger partial charge in [0, 0.05) is 6.42 Å². The predicted molar refractivity (Wildman–Crippen MR) is 62.3 cm³/mol. The number of furan rings is 1. The SMILES string of the molecule is CCc1ccc(Cc2ccc(Cl)o2)cc1. The van der Waals surface area contributed by atoms with Crippen LogP contribution in [0.1, 0.15) is 23.8 Å². The zero-order valence-electron chi connectivity index (χ0n) is 8.66. The molecule has 0 aliphatic rings. The summed E-state index contributed by atoms with van der Waals surface area (Å²) in [5.74, 6) is 0.907. The van der Waals surface area contributed by atoms with Gasteiger partial charge in [-0.15, -0.1) is 0 Å². The van der Waals surface area contributed by atoms with Crippen molar-refractivity contribution in [2.75, 3.05) is 0 Å². The zero-order chi connectivity index (χ0) is 10.7. The minimum atomic E-state index is 0.454. The molecule has 0 amide bonds. The van der Waals surface area contributed by atoms with Gasteiger partial charge in [0.1, 0.15) is 5.76 Å². The van der Waals surface area contributed by atoms with E-state index in [0.29, 0.717) is 5.22 Å². The molecule has 0 spiro atoms. The second-order valence-corrected chi connectivity index (χ2v) is 3.93. The van der Waals surface area contributed by atoms with Crippen molar-refractivity contribution in [1.29, 1.82) is 0 Å². The molecule has 0 N–H and O–H groups in total. The molecule has 0 radical (unpaired) electrons. The molecule has 2 aromatic rings. The van der Waals surface area contributed by atoms with E-state index >= 15 is 0 Å². The summed E-state index contributed by atoms with van der Waals surface area (Å²) in [7, 11) is 0. The Morgan fingerprint density at radius 3 is 2.20 bits per heavy atom. The van der Waals surface area contributed by atoms with Gasteiger partial charge in [-0.3, -0.25) is 0 Å². The highest BCUT2D eigenvalue weighted by atomic mass is 35.5. The summed E-state index contributed by atoms with van der Waals surface area (Å²) in [6, 6.07) is 12.3. The number of aryl methyl sites for hydroxylation is 1. The van der Waals surface area contributed by atoms with Crippen molar-refractivity contribution < 1.29 is 4.42 Å². The number of hydrogen-bond acceptors (Lipinski definition) is 1. The van der Waals surface area contributed by atoms with Crippen LogP contribution in [0.3, 0.4) is 0 Å². The van der Waals surface area contributed by atoms with Crippen LogP contribution in [0.5, 0.6) is 0 Å². The molecule has 2 rings (SSSR count). The topological polar surface area (TPSA) is 13.1 Å². The quantitative estimate of drug-likeness (QED) is 0.760. The van der Waals surface area contributed by atoms with Gasteiger partial charge in [-0.25, -0.2) is 0 Å². The normalized spacial score (nSPS) is 10.5. The lowest BCUT2D eigenvalue weighted by Crippen LogP contribution is -1.86. The van der Waals surface area contributed by atoms with E-state index in [2.05, 4.69) is 31.2 Å². The van der Waals surface area contributed by atoms with Crippen molar-refractivity contribution >= 4 is 11.6 Å². The second kappa shape index (κ2) is 4.54. The Kier molecular flexibility index (Phi) is 3.12. The summed E-state index contributed by atoms with van der Waals surface area (Å²) in [4.78, 5) is 0. The summed E-state index contributed by atoms with van der Waals surface area (Å²) in [5.41, 5.74) is 2.61. The molecule has 1 aromatic heterocycles. The molecule has 0 unspecified atom stereocenters. The standard InChI is InChI=1S/C13H13ClO/c1-2-10-3-5-11(6-4-10)9-12-7-8-13(14)15-12/h3-8H,2,9H2,1H3. The van der Waals surface area contributed by atoms with Crippen molar-refractivity contribution in [2.45, 2.75) is 19.8 Å². The fourth-order valence-electron chi connectivity index (χ4n) is 1.54. The molecule has 0 aliphatic heterocycles. The van der Waals surface area contributed by atoms with Gasteiger partial charge in [0.15, 0.2) is 5.22 Å². The van der Waals surface area contributed by atoms with E-state index in [1.807, 2.05) is 6.07 Å². The van der Waals surface area contributed by atoms with Crippen LogP contribution in [0, 0.1) is 0 Å². The van der Waals surface area contributed by atoms with Crippen LogP contribution in [0.4, 0.5) is 0 Å². The van der Waals surface area contributed by atoms with Crippen molar-refractivity contribution in [1.82, 2.24) is 0 Å². The lowest BCUT2D eigenvalue weighted by atomic mass is 10.1. The summed E-state index contributed by atoms with van der Waals surface area (Å²) < 4.78 is 5.31. The van der Waals surface area contributed by atoms with Crippen LogP contribution in [0.15, 0.2) is 40.8 Å². The summed E-state index contributed by atoms with van der Waals surface area (Å²) in [6.45, 7) is 2.15. The predicted octanol–water partition coefficient (Wildman–Crippen LogP) is 4.09. The van der Waals surface area contributed by atoms with Crippen LogP contribution < -0.4 is 0 Å². The summed E-state index contributed by atoms with van der Waals surface area (Å²) in [6.07, 6.45) is 1.88. The number of rotatable bonds is 3. The monoisotopic (exact) mass is 220 g/mol. The van der Waals surface area contributed by atoms with Crippen LogP contribution in [0.25, 0.3) is 0 Å². The molecule has 0 aliphatic carbocycles. The van der Waals surface area contributed by atoms with Crippen LogP contribution >= 0.6 is 11.6 Å². The molecule has 0 atom stereocenters. The average Bonchev–Trinajstić information content (AvgIpc) is 2.65. The van der Waals surface area contributed by atoms with Gasteiger partial charge in [0.2, 0.25) is 0 Å². The van der Waals surface area contributed by atoms with Crippen molar-refractivity contribution in [3.8, 4) is 0 Å². The Labute approximate surface area is 94.7 Å². The molecule has 0 saturated heterocycles. The maximum Gasteiger partial charge on any atom is 0.193 e. The third-order valence-corrected chi connectivity index (χ3v) is 2.64. The zero-order valence-corrected chi connectivity index (χ0v) is 9.42. The highest BCUT2D eigenvalue weighted by molar-refractivity contribution is 6.28. The van der Waals surface area contributed by atoms with Crippen LogP contribution in [-0.2, 0) is 12.8 Å². The molecule has 1 heterocycles. The van der Waals surface area contributed by atoms with Gasteiger partial charge in [-0.05, 0) is 41.3 Å². The van der Waals surface area contributed by atoms with Crippen molar-refractivity contribution in [3.63, 3.8) is 0 Å². The lowest BCUT2D eigenvalue weighted by molar-refractivity contribution is 0.523. The maximum atomic E-state index is 5.71. The van der Waals surface area contributed by atoms with Gasteiger partial charge in [-0.1, -0.05) is 31.2 Å². The molecule has 1 aromatic carbocycles. The van der Waals surface area contributed by atoms with E-state index in [1.165, 1.54) is 11.1 Å². The first-order valence-corrected chi connectivity index (χ1v) is 5.48. The van der Waals surface area contributed by atoms with Crippen LogP contribution in [-0.4, -0.2) is 0 Å². The molecule has 78 valence electrons. The van der Waals surface area contributed by atoms with Gasteiger partial charge >= 0.3 is 0 Å². The number of benzene rings is 1. The van der Waals surface area contributed by atoms with Crippen LogP contribution in [0.2, 0.25) is 5.22 Å². The largest absolute Gasteiger partial charge is 0.449 e. The Morgan fingerprint density at radius 1 is 1.00 bits per heavy atom. The average molecular weight is 221 g/mol. The Balaban J connectivity index is 2.11. The third kappa shape index (κ3) is 2.63. The highest BCUT2D eigenvalue weighted by Crippen LogP contribution is 2.17. The van der Waals surface area contributed by atoms with E-state index in [1.54, 1.807) is 6.07 Å². The number of halogens is 1. The lowest BCUT2D eigenvalue weighted by Gasteiger charge is -2.00. The summed E-state index contributed by atoms with van der Waals surface area (Å²) >= 11 is 5.71. The van der Waals surface area contributed by atoms with Gasteiger partial charge in [0.05, 0.1) is 0 Å². The van der Waals surface area contributed by atoms with Crippen molar-refractivity contribution in [3.05, 3.63) is 58.5 Å². The molecular weight excluding hydrogens is 208 g/mol. The van der Waals surface area contributed by atoms with Gasteiger partial charge < -0.3 is 4.42 Å². The highest BCUT2D eigenvalue weighted by Gasteiger charge is 2.01. The molecule has 0 saturated carbocycles. The fourth-order valence-corrected chi connectivity index (χ4v) is 1.70. The van der Waals surface area contributed by atoms with Crippen molar-refractivity contribution in [2.24, 2.45) is 0 Å². The van der Waals surface area contributed by atoms with E-state index in [0.717, 1.165) is 18.6 Å². The summed E-state index contributed by atoms with van der Waals surface area (Å²) in [5, 5.41) is 0.454. The van der Waals surface area contributed by atoms with E-state index in [9.17, 15) is 0 Å². The molecule has 15 heavy (non-hydrogen) atoms. The Bertz CT molecular complexity index is 428. The molecule has 1 nitrogen and oxygen atoms in total. The molecular formula is C13H13ClO. The number of hydrogen-bond donors (Lipinski definition) is 0. The second-order valence-electron chi connectivity index (χ2n) is 3.55. The Hall–Kier alpha value is -1.21. The molecule has 2 heteroatoms.